The highest BCUT2D eigenvalue weighted by Gasteiger charge is 2.27. The molecular formula is C20H28Br2N8O2. The van der Waals surface area contributed by atoms with E-state index in [0.717, 1.165) is 34.5 Å². The van der Waals surface area contributed by atoms with Crippen LogP contribution in [0.15, 0.2) is 33.7 Å². The number of amides is 1. The van der Waals surface area contributed by atoms with Crippen LogP contribution in [0.4, 0.5) is 11.9 Å². The lowest BCUT2D eigenvalue weighted by molar-refractivity contribution is -0.134. The maximum Gasteiger partial charge on any atom is 0.248 e. The Hall–Kier alpha value is -1.89. The maximum atomic E-state index is 11.4. The van der Waals surface area contributed by atoms with E-state index in [1.54, 1.807) is 29.7 Å². The van der Waals surface area contributed by atoms with Gasteiger partial charge in [-0.15, -0.1) is 0 Å². The highest BCUT2D eigenvalue weighted by Crippen LogP contribution is 2.17. The third kappa shape index (κ3) is 6.56. The van der Waals surface area contributed by atoms with Crippen molar-refractivity contribution in [1.82, 2.24) is 30.2 Å². The average molecular weight is 572 g/mol. The molecule has 0 aromatic carbocycles. The van der Waals surface area contributed by atoms with Gasteiger partial charge >= 0.3 is 0 Å². The summed E-state index contributed by atoms with van der Waals surface area (Å²) in [4.78, 5) is 34.5. The molecule has 12 heteroatoms. The predicted octanol–water partition coefficient (Wildman–Crippen LogP) is 1.31. The summed E-state index contributed by atoms with van der Waals surface area (Å²) in [6.07, 6.45) is 6.99. The quantitative estimate of drug-likeness (QED) is 0.563. The fourth-order valence-corrected chi connectivity index (χ4v) is 4.04. The van der Waals surface area contributed by atoms with Gasteiger partial charge in [-0.3, -0.25) is 4.79 Å². The molecule has 2 saturated heterocycles. The van der Waals surface area contributed by atoms with Crippen molar-refractivity contribution in [3.63, 3.8) is 0 Å². The zero-order valence-electron chi connectivity index (χ0n) is 18.2. The molecule has 174 valence electrons. The van der Waals surface area contributed by atoms with Gasteiger partial charge in [-0.2, -0.15) is 0 Å². The third-order valence-corrected chi connectivity index (χ3v) is 6.16. The van der Waals surface area contributed by atoms with Crippen molar-refractivity contribution < 1.29 is 9.90 Å². The van der Waals surface area contributed by atoms with Crippen LogP contribution in [0.5, 0.6) is 0 Å². The summed E-state index contributed by atoms with van der Waals surface area (Å²) in [6.45, 7) is 8.59. The number of anilines is 2. The van der Waals surface area contributed by atoms with Crippen molar-refractivity contribution in [2.24, 2.45) is 0 Å². The van der Waals surface area contributed by atoms with E-state index in [0.29, 0.717) is 31.6 Å². The number of carbonyl (C=O) groups is 1. The van der Waals surface area contributed by atoms with Crippen molar-refractivity contribution >= 4 is 49.7 Å². The number of rotatable bonds is 3. The summed E-state index contributed by atoms with van der Waals surface area (Å²) < 4.78 is 1.76. The van der Waals surface area contributed by atoms with Crippen LogP contribution in [-0.4, -0.2) is 93.8 Å². The van der Waals surface area contributed by atoms with Crippen LogP contribution >= 0.6 is 31.9 Å². The van der Waals surface area contributed by atoms with Gasteiger partial charge in [-0.1, -0.05) is 0 Å². The van der Waals surface area contributed by atoms with E-state index < -0.39 is 6.61 Å². The van der Waals surface area contributed by atoms with Crippen molar-refractivity contribution in [2.75, 3.05) is 55.7 Å². The Labute approximate surface area is 204 Å². The molecule has 2 fully saturated rings. The third-order valence-electron chi connectivity index (χ3n) is 5.34. The van der Waals surface area contributed by atoms with Gasteiger partial charge in [0.15, 0.2) is 0 Å². The lowest BCUT2D eigenvalue weighted by Gasteiger charge is -2.39. The minimum atomic E-state index is -0.429. The molecule has 10 nitrogen and oxygen atoms in total. The van der Waals surface area contributed by atoms with Crippen LogP contribution in [0.1, 0.15) is 13.8 Å². The number of aliphatic hydroxyl groups is 1. The first kappa shape index (κ1) is 24.7. The van der Waals surface area contributed by atoms with Gasteiger partial charge in [0.1, 0.15) is 6.61 Å². The first-order valence-electron chi connectivity index (χ1n) is 10.5. The molecule has 0 bridgehead atoms. The number of carbonyl (C=O) groups excluding carboxylic acids is 1. The topological polar surface area (TPSA) is 111 Å². The maximum absolute atomic E-state index is 11.4. The lowest BCUT2D eigenvalue weighted by atomic mass is 10.2. The Morgan fingerprint density at radius 2 is 1.50 bits per heavy atom. The minimum Gasteiger partial charge on any atom is -0.387 e. The zero-order chi connectivity index (χ0) is 23.1. The van der Waals surface area contributed by atoms with Gasteiger partial charge in [-0.25, -0.2) is 19.9 Å². The molecular weight excluding hydrogens is 544 g/mol. The van der Waals surface area contributed by atoms with Crippen LogP contribution in [0.25, 0.3) is 0 Å². The zero-order valence-corrected chi connectivity index (χ0v) is 21.3. The first-order chi connectivity index (χ1) is 15.4. The second kappa shape index (κ2) is 11.8. The molecule has 2 N–H and O–H groups in total. The molecule has 0 unspecified atom stereocenters. The highest BCUT2D eigenvalue weighted by atomic mass is 79.9. The summed E-state index contributed by atoms with van der Waals surface area (Å²) in [5.41, 5.74) is 0. The summed E-state index contributed by atoms with van der Waals surface area (Å²) in [6, 6.07) is 0.598. The molecule has 2 aliphatic rings. The van der Waals surface area contributed by atoms with E-state index in [-0.39, 0.29) is 11.9 Å². The van der Waals surface area contributed by atoms with E-state index in [1.807, 2.05) is 6.92 Å². The van der Waals surface area contributed by atoms with Gasteiger partial charge in [0.05, 0.1) is 8.95 Å². The average Bonchev–Trinajstić information content (AvgIpc) is 2.81. The molecule has 0 spiro atoms. The van der Waals surface area contributed by atoms with E-state index in [2.05, 4.69) is 73.8 Å². The van der Waals surface area contributed by atoms with E-state index in [9.17, 15) is 4.79 Å². The number of aromatic nitrogens is 4. The molecule has 2 atom stereocenters. The van der Waals surface area contributed by atoms with E-state index in [4.69, 9.17) is 5.11 Å². The second-order valence-corrected chi connectivity index (χ2v) is 9.52. The van der Waals surface area contributed by atoms with Crippen LogP contribution in [0.2, 0.25) is 0 Å². The molecule has 0 saturated carbocycles. The first-order valence-corrected chi connectivity index (χ1v) is 12.1. The molecule has 4 heterocycles. The molecule has 0 aliphatic carbocycles. The van der Waals surface area contributed by atoms with Gasteiger partial charge in [0, 0.05) is 76.1 Å². The summed E-state index contributed by atoms with van der Waals surface area (Å²) >= 11 is 6.63. The number of hydrogen-bond donors (Lipinski definition) is 2. The molecule has 2 aromatic rings. The van der Waals surface area contributed by atoms with Crippen molar-refractivity contribution in [3.8, 4) is 0 Å². The SMILES string of the molecule is C[C@@H]1CN(C(=O)CO)CCN1c1ncc(Br)cn1.C[C@@H]1CNCCN1c1ncc(Br)cn1. The smallest absolute Gasteiger partial charge is 0.248 e. The Balaban J connectivity index is 0.000000186. The Kier molecular flexibility index (Phi) is 9.14. The lowest BCUT2D eigenvalue weighted by Crippen LogP contribution is -2.54. The predicted molar refractivity (Wildman–Crippen MR) is 130 cm³/mol. The fraction of sp³-hybridized carbons (Fsp3) is 0.550. The fourth-order valence-electron chi connectivity index (χ4n) is 3.63. The van der Waals surface area contributed by atoms with Crippen LogP contribution < -0.4 is 15.1 Å². The van der Waals surface area contributed by atoms with E-state index >= 15 is 0 Å². The second-order valence-electron chi connectivity index (χ2n) is 7.69. The Morgan fingerprint density at radius 3 is 1.97 bits per heavy atom. The van der Waals surface area contributed by atoms with Gasteiger partial charge in [0.2, 0.25) is 17.8 Å². The van der Waals surface area contributed by atoms with Crippen LogP contribution in [0.3, 0.4) is 0 Å². The number of nitrogens with one attached hydrogen (secondary N) is 1. The summed E-state index contributed by atoms with van der Waals surface area (Å²) in [5.74, 6) is 1.27. The Bertz CT molecular complexity index is 871. The normalized spacial score (nSPS) is 21.1. The van der Waals surface area contributed by atoms with E-state index in [1.165, 1.54) is 0 Å². The molecule has 2 aliphatic heterocycles. The minimum absolute atomic E-state index is 0.135. The standard InChI is InChI=1S/C11H15BrN4O2.C9H13BrN4/c1-8-6-15(10(18)7-17)2-3-16(8)11-13-4-9(12)5-14-11;1-7-4-11-2-3-14(7)9-12-5-8(10)6-13-9/h4-5,8,17H,2-3,6-7H2,1H3;5-7,11H,2-4H2,1H3/t8-;7-/m11/s1. The van der Waals surface area contributed by atoms with Gasteiger partial charge < -0.3 is 25.1 Å². The summed E-state index contributed by atoms with van der Waals surface area (Å²) in [5, 5.41) is 12.2. The molecule has 2 aromatic heterocycles. The Morgan fingerprint density at radius 1 is 0.969 bits per heavy atom. The highest BCUT2D eigenvalue weighted by molar-refractivity contribution is 9.10. The molecule has 4 rings (SSSR count). The van der Waals surface area contributed by atoms with Crippen LogP contribution in [0, 0.1) is 0 Å². The summed E-state index contributed by atoms with van der Waals surface area (Å²) in [7, 11) is 0. The molecule has 1 amide bonds. The van der Waals surface area contributed by atoms with Crippen LogP contribution in [-0.2, 0) is 4.79 Å². The van der Waals surface area contributed by atoms with Gasteiger partial charge in [-0.05, 0) is 45.7 Å². The van der Waals surface area contributed by atoms with Crippen molar-refractivity contribution in [3.05, 3.63) is 33.7 Å². The molecule has 0 radical (unpaired) electrons. The largest absolute Gasteiger partial charge is 0.387 e. The number of halogens is 2. The number of piperazine rings is 2. The monoisotopic (exact) mass is 570 g/mol. The number of aliphatic hydroxyl groups excluding tert-OH is 1. The number of nitrogens with zero attached hydrogens (tertiary/aromatic N) is 7. The van der Waals surface area contributed by atoms with Gasteiger partial charge in [0.25, 0.3) is 0 Å². The van der Waals surface area contributed by atoms with Crippen molar-refractivity contribution in [1.29, 1.82) is 0 Å². The number of hydrogen-bond acceptors (Lipinski definition) is 9. The molecule has 32 heavy (non-hydrogen) atoms. The van der Waals surface area contributed by atoms with Crippen molar-refractivity contribution in [2.45, 2.75) is 25.9 Å².